The topological polar surface area (TPSA) is 69.8 Å². The van der Waals surface area contributed by atoms with Crippen LogP contribution in [0.5, 0.6) is 0 Å². The molecule has 0 fully saturated rings. The third-order valence-corrected chi connectivity index (χ3v) is 24.4. The molecule has 0 spiro atoms. The molecule has 11 aromatic carbocycles. The summed E-state index contributed by atoms with van der Waals surface area (Å²) in [5.41, 5.74) is 28.7. The van der Waals surface area contributed by atoms with Crippen LogP contribution in [0.4, 0.5) is 85.3 Å². The molecule has 0 saturated heterocycles. The Morgan fingerprint density at radius 1 is 0.206 bits per heavy atom. The van der Waals surface area contributed by atoms with Gasteiger partial charge in [-0.1, -0.05) is 235 Å². The van der Waals surface area contributed by atoms with Gasteiger partial charge < -0.3 is 46.4 Å². The highest BCUT2D eigenvalue weighted by Crippen LogP contribution is 2.54. The Morgan fingerprint density at radius 2 is 0.412 bits per heavy atom. The van der Waals surface area contributed by atoms with E-state index >= 15 is 0 Å². The molecule has 3 aliphatic rings. The zero-order valence-corrected chi connectivity index (χ0v) is 77.6. The van der Waals surface area contributed by atoms with Crippen molar-refractivity contribution in [2.24, 2.45) is 0 Å². The van der Waals surface area contributed by atoms with Crippen molar-refractivity contribution in [3.63, 3.8) is 0 Å². The van der Waals surface area contributed by atoms with Gasteiger partial charge in [0, 0.05) is 140 Å². The maximum Gasteiger partial charge on any atom is 0.169 e. The number of aromatic nitrogens is 6. The molecule has 0 atom stereocenters. The highest BCUT2D eigenvalue weighted by Gasteiger charge is 2.32. The first-order valence-corrected chi connectivity index (χ1v) is 47.1. The molecule has 0 amide bonds. The minimum Gasteiger partial charge on any atom is -1.00 e. The van der Waals surface area contributed by atoms with Gasteiger partial charge in [-0.2, -0.15) is 0 Å². The van der Waals surface area contributed by atoms with E-state index in [2.05, 4.69) is 461 Å². The van der Waals surface area contributed by atoms with Crippen molar-refractivity contribution < 1.29 is 30.7 Å². The molecule has 0 saturated carbocycles. The van der Waals surface area contributed by atoms with Crippen molar-refractivity contribution in [3.05, 3.63) is 456 Å². The number of rotatable bonds is 27. The fraction of sp³-hybridized carbons (Fsp3) is 0.172. The summed E-state index contributed by atoms with van der Waals surface area (Å²) in [6.07, 6.45) is 35.5. The second-order valence-electron chi connectivity index (χ2n) is 31.8. The summed E-state index contributed by atoms with van der Waals surface area (Å²) in [5.74, 6) is 0. The molecular weight excluding hydrogens is 1800 g/mol. The second-order valence-corrected chi connectivity index (χ2v) is 33.3. The molecule has 131 heavy (non-hydrogen) atoms. The monoisotopic (exact) mass is 1910 g/mol. The number of unbranched alkanes of at least 4 members (excludes halogenated alkanes) is 3. The molecule has 660 valence electrons. The number of fused-ring (bicyclic) bond motifs is 6. The quantitative estimate of drug-likeness (QED) is 0.0284. The van der Waals surface area contributed by atoms with Gasteiger partial charge in [0.05, 0.1) is 68.2 Å². The van der Waals surface area contributed by atoms with Crippen molar-refractivity contribution in [1.82, 2.24) is 15.0 Å². The second kappa shape index (κ2) is 49.9. The Bertz CT molecular complexity index is 6020. The molecule has 0 N–H and O–H groups in total. The number of benzene rings is 11. The highest BCUT2D eigenvalue weighted by atomic mass is 79.9. The lowest BCUT2D eigenvalue weighted by Crippen LogP contribution is -3.00. The number of para-hydroxylation sites is 15. The van der Waals surface area contributed by atoms with E-state index in [9.17, 15) is 0 Å². The summed E-state index contributed by atoms with van der Waals surface area (Å²) in [6.45, 7) is 6.02. The maximum atomic E-state index is 4.11. The standard InChI is InChI=1S/C41H40N4.C32H29N4.C22H21BrN2.C10H8N2.C9H11Br.2CH4.BrH/c1-3-14-34(15-4-1)16-13-28-43-32-25-36(26-33-43)35-23-30-42(31-24-35)27-11-12-29-44-38-19-7-9-21-40(38)45(37-17-5-2-6-18-37)41-22-10-8-20-39(41)44;1-2-10-28(11-3-1)36-31-14-6-4-12-29(31)35(30-13-5-7-15-32(30)36)23-9-8-22-34-24-18-27(19-25-34)26-16-20-33-21-17-26;23-16-8-9-17-24-19-12-4-6-14-21(19)25(18-10-2-1-3-11-18)22-15-7-5-13-20(22)24;1-5-11-6-2-9(1)10-3-7-12-8-4-10;10-8-4-7-9-5-2-1-3-6-9;;;/h1-10,14-15,17-26,30-33H,11-13,16,27-29H2;1-7,10-21,24-25H,8-9,22-23H2;1-7,10-15H,8-9,16-17H2;1-8H;1-3,5-6H,4,7-8H2;2*1H4;1H/q+2;+1;;;;;;/p-1. The number of anilines is 15. The first-order chi connectivity index (χ1) is 63.5. The van der Waals surface area contributed by atoms with E-state index in [1.165, 1.54) is 156 Å². The van der Waals surface area contributed by atoms with Gasteiger partial charge in [-0.25, -0.2) is 13.7 Å². The third-order valence-electron chi connectivity index (χ3n) is 23.3. The Balaban J connectivity index is 0.000000151. The molecule has 0 aliphatic carbocycles. The van der Waals surface area contributed by atoms with E-state index in [1.54, 1.807) is 24.8 Å². The van der Waals surface area contributed by atoms with Crippen LogP contribution in [0.15, 0.2) is 444 Å². The SMILES string of the molecule is BrCCCCN1c2ccccc2N(c2ccccc2)c2ccccc21.BrCCCc1ccccc1.C.C.[Br-].c1cc(-c2ccncc2)ccn1.c1ccc(CCC[n+]2ccc(-c3cc[n+](CCCCN4c5ccccc5N(c5ccccc5)c5ccccc54)cc3)cc2)cc1.c1ccc(N2c3ccccc3N(CCCC[n+]3ccc(-c4ccncc4)cc3)c3ccccc32)cc1. The van der Waals surface area contributed by atoms with E-state index in [1.807, 2.05) is 48.8 Å². The predicted octanol–water partition coefficient (Wildman–Crippen LogP) is 26.6. The average Bonchev–Trinajstić information content (AvgIpc) is 0.754. The minimum atomic E-state index is 0. The zero-order valence-electron chi connectivity index (χ0n) is 72.9. The van der Waals surface area contributed by atoms with E-state index < -0.39 is 0 Å². The molecule has 20 rings (SSSR count). The van der Waals surface area contributed by atoms with Crippen LogP contribution in [0.2, 0.25) is 0 Å². The molecule has 12 nitrogen and oxygen atoms in total. The van der Waals surface area contributed by atoms with Gasteiger partial charge in [0.1, 0.15) is 19.6 Å². The van der Waals surface area contributed by atoms with Crippen molar-refractivity contribution in [1.29, 1.82) is 0 Å². The molecule has 17 aromatic rings. The fourth-order valence-electron chi connectivity index (χ4n) is 16.9. The zero-order chi connectivity index (χ0) is 86.9. The summed E-state index contributed by atoms with van der Waals surface area (Å²) < 4.78 is 6.87. The Hall–Kier alpha value is -13.4. The average molecular weight is 1920 g/mol. The third kappa shape index (κ3) is 25.0. The molecular formula is C116H117Br3N12+2. The number of halogens is 3. The molecule has 15 heteroatoms. The van der Waals surface area contributed by atoms with E-state index in [0.29, 0.717) is 0 Å². The number of hydrogen-bond acceptors (Lipinski definition) is 9. The minimum absolute atomic E-state index is 0. The van der Waals surface area contributed by atoms with Crippen LogP contribution in [0.3, 0.4) is 0 Å². The molecule has 9 heterocycles. The number of alkyl halides is 2. The summed E-state index contributed by atoms with van der Waals surface area (Å²) in [4.78, 5) is 26.6. The molecule has 6 aromatic heterocycles. The number of pyridine rings is 6. The van der Waals surface area contributed by atoms with E-state index in [0.717, 1.165) is 88.5 Å². The first kappa shape index (κ1) is 95.2. The number of hydrogen-bond donors (Lipinski definition) is 0. The summed E-state index contributed by atoms with van der Waals surface area (Å²) in [5, 5.41) is 2.15. The lowest BCUT2D eigenvalue weighted by atomic mass is 10.1. The Kier molecular flexibility index (Phi) is 36.3. The Labute approximate surface area is 803 Å². The lowest BCUT2D eigenvalue weighted by Gasteiger charge is -2.40. The van der Waals surface area contributed by atoms with Crippen LogP contribution in [-0.4, -0.2) is 45.2 Å². The van der Waals surface area contributed by atoms with Crippen molar-refractivity contribution in [2.75, 3.05) is 59.7 Å². The number of aryl methyl sites for hydroxylation is 5. The van der Waals surface area contributed by atoms with Gasteiger partial charge in [-0.3, -0.25) is 15.0 Å². The van der Waals surface area contributed by atoms with Crippen LogP contribution >= 0.6 is 31.9 Å². The number of nitrogens with zero attached hydrogens (tertiary/aromatic N) is 12. The normalized spacial score (nSPS) is 11.6. The van der Waals surface area contributed by atoms with Gasteiger partial charge in [0.15, 0.2) is 37.2 Å². The first-order valence-electron chi connectivity index (χ1n) is 44.8. The van der Waals surface area contributed by atoms with Crippen molar-refractivity contribution >= 4 is 117 Å². The molecule has 0 radical (unpaired) electrons. The van der Waals surface area contributed by atoms with Gasteiger partial charge in [-0.15, -0.1) is 0 Å². The van der Waals surface area contributed by atoms with Crippen LogP contribution in [0.25, 0.3) is 33.4 Å². The summed E-state index contributed by atoms with van der Waals surface area (Å²) in [6, 6.07) is 131. The van der Waals surface area contributed by atoms with Gasteiger partial charge >= 0.3 is 0 Å². The molecule has 0 unspecified atom stereocenters. The van der Waals surface area contributed by atoms with Crippen LogP contribution in [0, 0.1) is 0 Å². The predicted molar refractivity (Wildman–Crippen MR) is 552 cm³/mol. The summed E-state index contributed by atoms with van der Waals surface area (Å²) in [7, 11) is 0. The van der Waals surface area contributed by atoms with Crippen molar-refractivity contribution in [2.45, 2.75) is 98.7 Å². The van der Waals surface area contributed by atoms with Gasteiger partial charge in [0.25, 0.3) is 0 Å². The highest BCUT2D eigenvalue weighted by molar-refractivity contribution is 9.09. The lowest BCUT2D eigenvalue weighted by molar-refractivity contribution is -0.697. The van der Waals surface area contributed by atoms with Gasteiger partial charge in [0.2, 0.25) is 0 Å². The largest absolute Gasteiger partial charge is 1.00 e. The Morgan fingerprint density at radius 3 is 0.664 bits per heavy atom. The molecule has 0 bridgehead atoms. The van der Waals surface area contributed by atoms with E-state index in [4.69, 9.17) is 0 Å². The van der Waals surface area contributed by atoms with Crippen LogP contribution in [0.1, 0.15) is 77.3 Å². The maximum absolute atomic E-state index is 4.11. The smallest absolute Gasteiger partial charge is 0.169 e. The van der Waals surface area contributed by atoms with Crippen molar-refractivity contribution in [3.8, 4) is 33.4 Å². The van der Waals surface area contributed by atoms with Crippen LogP contribution < -0.4 is 60.1 Å². The van der Waals surface area contributed by atoms with Crippen LogP contribution in [-0.2, 0) is 32.5 Å². The van der Waals surface area contributed by atoms with E-state index in [-0.39, 0.29) is 31.8 Å². The summed E-state index contributed by atoms with van der Waals surface area (Å²) >= 11 is 6.96. The molecule has 3 aliphatic heterocycles. The van der Waals surface area contributed by atoms with Gasteiger partial charge in [-0.05, 0) is 235 Å². The fourth-order valence-corrected chi connectivity index (χ4v) is 17.6.